The number of alkyl halides is 3. The molecular formula is C9H15F3N2O. The Hall–Kier alpha value is -0.780. The molecule has 0 spiro atoms. The summed E-state index contributed by atoms with van der Waals surface area (Å²) in [6, 6.07) is -0.666. The van der Waals surface area contributed by atoms with Crippen LogP contribution in [0.1, 0.15) is 13.8 Å². The molecule has 1 aliphatic heterocycles. The van der Waals surface area contributed by atoms with Gasteiger partial charge in [-0.2, -0.15) is 13.2 Å². The van der Waals surface area contributed by atoms with Crippen LogP contribution in [0.3, 0.4) is 0 Å². The number of hydrogen-bond acceptors (Lipinski definition) is 2. The minimum atomic E-state index is -4.25. The quantitative estimate of drug-likeness (QED) is 0.759. The van der Waals surface area contributed by atoms with Crippen LogP contribution >= 0.6 is 0 Å². The Balaban J connectivity index is 2.71. The highest BCUT2D eigenvalue weighted by Crippen LogP contribution is 2.21. The maximum absolute atomic E-state index is 12.2. The number of amides is 1. The van der Waals surface area contributed by atoms with Gasteiger partial charge in [-0.3, -0.25) is 9.69 Å². The zero-order valence-corrected chi connectivity index (χ0v) is 8.77. The van der Waals surface area contributed by atoms with Crippen LogP contribution in [-0.4, -0.2) is 42.7 Å². The van der Waals surface area contributed by atoms with Crippen LogP contribution in [0, 0.1) is 5.92 Å². The van der Waals surface area contributed by atoms with Gasteiger partial charge in [0.1, 0.15) is 0 Å². The molecule has 6 heteroatoms. The molecule has 0 bridgehead atoms. The summed E-state index contributed by atoms with van der Waals surface area (Å²) >= 11 is 0. The van der Waals surface area contributed by atoms with Crippen LogP contribution in [0.5, 0.6) is 0 Å². The van der Waals surface area contributed by atoms with Gasteiger partial charge in [0.05, 0.1) is 12.6 Å². The second-order valence-corrected chi connectivity index (χ2v) is 4.07. The van der Waals surface area contributed by atoms with Crippen molar-refractivity contribution in [2.45, 2.75) is 26.1 Å². The predicted molar refractivity (Wildman–Crippen MR) is 49.3 cm³/mol. The lowest BCUT2D eigenvalue weighted by Crippen LogP contribution is -2.59. The highest BCUT2D eigenvalue weighted by atomic mass is 19.4. The first-order valence-corrected chi connectivity index (χ1v) is 4.90. The minimum Gasteiger partial charge on any atom is -0.353 e. The number of nitrogens with zero attached hydrogens (tertiary/aromatic N) is 1. The zero-order chi connectivity index (χ0) is 11.6. The largest absolute Gasteiger partial charge is 0.401 e. The van der Waals surface area contributed by atoms with Crippen LogP contribution in [0.25, 0.3) is 0 Å². The van der Waals surface area contributed by atoms with E-state index in [4.69, 9.17) is 0 Å². The third kappa shape index (κ3) is 3.37. The fourth-order valence-electron chi connectivity index (χ4n) is 1.86. The molecule has 0 unspecified atom stereocenters. The summed E-state index contributed by atoms with van der Waals surface area (Å²) in [5.74, 6) is -0.423. The van der Waals surface area contributed by atoms with E-state index in [9.17, 15) is 18.0 Å². The molecule has 0 aromatic rings. The first kappa shape index (κ1) is 12.3. The molecule has 1 rings (SSSR count). The molecule has 0 radical (unpaired) electrons. The van der Waals surface area contributed by atoms with Gasteiger partial charge < -0.3 is 5.32 Å². The molecule has 1 atom stereocenters. The molecule has 0 aliphatic carbocycles. The third-order valence-corrected chi connectivity index (χ3v) is 2.37. The summed E-state index contributed by atoms with van der Waals surface area (Å²) in [5, 5.41) is 2.58. The highest BCUT2D eigenvalue weighted by Gasteiger charge is 2.39. The predicted octanol–water partition coefficient (Wildman–Crippen LogP) is 1.01. The smallest absolute Gasteiger partial charge is 0.353 e. The lowest BCUT2D eigenvalue weighted by atomic mass is 10.00. The number of halogens is 3. The van der Waals surface area contributed by atoms with E-state index in [2.05, 4.69) is 5.32 Å². The molecule has 3 nitrogen and oxygen atoms in total. The van der Waals surface area contributed by atoms with Gasteiger partial charge in [-0.05, 0) is 5.92 Å². The van der Waals surface area contributed by atoms with E-state index in [1.54, 1.807) is 13.8 Å². The molecule has 1 aliphatic rings. The van der Waals surface area contributed by atoms with E-state index < -0.39 is 18.8 Å². The summed E-state index contributed by atoms with van der Waals surface area (Å²) in [6.07, 6.45) is -4.25. The summed E-state index contributed by atoms with van der Waals surface area (Å²) in [6.45, 7) is 3.04. The molecule has 1 saturated heterocycles. The second kappa shape index (κ2) is 4.38. The Bertz CT molecular complexity index is 240. The average Bonchev–Trinajstić information content (AvgIpc) is 1.99. The van der Waals surface area contributed by atoms with Gasteiger partial charge in [0.15, 0.2) is 0 Å². The van der Waals surface area contributed by atoms with Crippen LogP contribution < -0.4 is 5.32 Å². The Labute approximate surface area is 86.6 Å². The van der Waals surface area contributed by atoms with Gasteiger partial charge >= 0.3 is 6.18 Å². The Morgan fingerprint density at radius 3 is 2.60 bits per heavy atom. The molecule has 1 heterocycles. The average molecular weight is 224 g/mol. The first-order valence-electron chi connectivity index (χ1n) is 4.90. The Morgan fingerprint density at radius 2 is 2.13 bits per heavy atom. The molecule has 0 saturated carbocycles. The van der Waals surface area contributed by atoms with E-state index in [-0.39, 0.29) is 24.9 Å². The maximum Gasteiger partial charge on any atom is 0.401 e. The fraction of sp³-hybridized carbons (Fsp3) is 0.889. The van der Waals surface area contributed by atoms with Gasteiger partial charge in [-0.15, -0.1) is 0 Å². The number of nitrogens with one attached hydrogen (secondary N) is 1. The standard InChI is InChI=1S/C9H15F3N2O/c1-6(2)7-8(15)13-3-4-14(7)5-9(10,11)12/h6-7H,3-5H2,1-2H3,(H,13,15)/t7-/m0/s1. The minimum absolute atomic E-state index is 0.118. The summed E-state index contributed by atoms with van der Waals surface area (Å²) in [5.41, 5.74) is 0. The van der Waals surface area contributed by atoms with Crippen molar-refractivity contribution in [2.24, 2.45) is 5.92 Å². The van der Waals surface area contributed by atoms with Crippen molar-refractivity contribution < 1.29 is 18.0 Å². The lowest BCUT2D eigenvalue weighted by molar-refractivity contribution is -0.160. The molecule has 1 N–H and O–H groups in total. The second-order valence-electron chi connectivity index (χ2n) is 4.07. The number of carbonyl (C=O) groups is 1. The van der Waals surface area contributed by atoms with Gasteiger partial charge in [-0.25, -0.2) is 0 Å². The van der Waals surface area contributed by atoms with Crippen LogP contribution in [0.15, 0.2) is 0 Å². The van der Waals surface area contributed by atoms with Crippen molar-refractivity contribution in [2.75, 3.05) is 19.6 Å². The normalized spacial score (nSPS) is 24.4. The first-order chi connectivity index (χ1) is 6.81. The number of piperazine rings is 1. The van der Waals surface area contributed by atoms with Crippen LogP contribution in [-0.2, 0) is 4.79 Å². The van der Waals surface area contributed by atoms with Crippen LogP contribution in [0.4, 0.5) is 13.2 Å². The topological polar surface area (TPSA) is 32.3 Å². The van der Waals surface area contributed by atoms with Crippen molar-refractivity contribution >= 4 is 5.91 Å². The van der Waals surface area contributed by atoms with Crippen molar-refractivity contribution in [1.29, 1.82) is 0 Å². The van der Waals surface area contributed by atoms with E-state index in [0.717, 1.165) is 0 Å². The van der Waals surface area contributed by atoms with Gasteiger partial charge in [0, 0.05) is 13.1 Å². The van der Waals surface area contributed by atoms with Crippen molar-refractivity contribution in [3.63, 3.8) is 0 Å². The Morgan fingerprint density at radius 1 is 1.53 bits per heavy atom. The van der Waals surface area contributed by atoms with Crippen molar-refractivity contribution in [3.05, 3.63) is 0 Å². The number of rotatable bonds is 2. The highest BCUT2D eigenvalue weighted by molar-refractivity contribution is 5.82. The van der Waals surface area contributed by atoms with Gasteiger partial charge in [0.25, 0.3) is 0 Å². The lowest BCUT2D eigenvalue weighted by Gasteiger charge is -2.37. The van der Waals surface area contributed by atoms with Gasteiger partial charge in [0.2, 0.25) is 5.91 Å². The SMILES string of the molecule is CC(C)[C@H]1C(=O)NCCN1CC(F)(F)F. The van der Waals surface area contributed by atoms with E-state index in [0.29, 0.717) is 0 Å². The van der Waals surface area contributed by atoms with Crippen molar-refractivity contribution in [1.82, 2.24) is 10.2 Å². The van der Waals surface area contributed by atoms with Gasteiger partial charge in [-0.1, -0.05) is 13.8 Å². The molecule has 88 valence electrons. The summed E-state index contributed by atoms with van der Waals surface area (Å²) in [4.78, 5) is 12.6. The van der Waals surface area contributed by atoms with E-state index in [1.807, 2.05) is 0 Å². The molecule has 0 aromatic carbocycles. The fourth-order valence-corrected chi connectivity index (χ4v) is 1.86. The Kier molecular flexibility index (Phi) is 3.59. The zero-order valence-electron chi connectivity index (χ0n) is 8.77. The van der Waals surface area contributed by atoms with E-state index in [1.165, 1.54) is 4.90 Å². The summed E-state index contributed by atoms with van der Waals surface area (Å²) in [7, 11) is 0. The molecule has 15 heavy (non-hydrogen) atoms. The van der Waals surface area contributed by atoms with Crippen LogP contribution in [0.2, 0.25) is 0 Å². The number of hydrogen-bond donors (Lipinski definition) is 1. The molecule has 0 aromatic heterocycles. The monoisotopic (exact) mass is 224 g/mol. The maximum atomic E-state index is 12.2. The molecule has 1 fully saturated rings. The summed E-state index contributed by atoms with van der Waals surface area (Å²) < 4.78 is 36.7. The molecule has 1 amide bonds. The molecular weight excluding hydrogens is 209 g/mol. The number of carbonyl (C=O) groups excluding carboxylic acids is 1. The van der Waals surface area contributed by atoms with Crippen molar-refractivity contribution in [3.8, 4) is 0 Å². The van der Waals surface area contributed by atoms with E-state index >= 15 is 0 Å². The third-order valence-electron chi connectivity index (χ3n) is 2.37.